The third-order valence-electron chi connectivity index (χ3n) is 6.13. The second kappa shape index (κ2) is 8.09. The highest BCUT2D eigenvalue weighted by Crippen LogP contribution is 2.33. The summed E-state index contributed by atoms with van der Waals surface area (Å²) >= 11 is 6.32. The molecule has 1 saturated carbocycles. The van der Waals surface area contributed by atoms with Crippen LogP contribution in [0.15, 0.2) is 48.7 Å². The van der Waals surface area contributed by atoms with Crippen molar-refractivity contribution >= 4 is 17.5 Å². The predicted molar refractivity (Wildman–Crippen MR) is 118 cm³/mol. The van der Waals surface area contributed by atoms with Crippen molar-refractivity contribution in [2.24, 2.45) is 7.05 Å². The number of fused-ring (bicyclic) bond motifs is 1. The van der Waals surface area contributed by atoms with E-state index in [9.17, 15) is 9.18 Å². The summed E-state index contributed by atoms with van der Waals surface area (Å²) in [7, 11) is 1.85. The van der Waals surface area contributed by atoms with E-state index in [4.69, 9.17) is 11.6 Å². The molecule has 0 unspecified atom stereocenters. The van der Waals surface area contributed by atoms with Gasteiger partial charge in [0.1, 0.15) is 5.82 Å². The minimum absolute atomic E-state index is 0.0247. The SMILES string of the molecule is Cn1ncc(Cl)c1-c1ccc2c(c1)CN([C@H](CNC1CC1)Cc1cccc(F)c1)C2=O. The highest BCUT2D eigenvalue weighted by molar-refractivity contribution is 6.33. The molecule has 5 nitrogen and oxygen atoms in total. The topological polar surface area (TPSA) is 50.2 Å². The Morgan fingerprint density at radius 1 is 1.26 bits per heavy atom. The molecule has 1 aromatic heterocycles. The molecule has 2 aliphatic rings. The van der Waals surface area contributed by atoms with E-state index in [2.05, 4.69) is 10.4 Å². The smallest absolute Gasteiger partial charge is 0.254 e. The molecule has 0 spiro atoms. The second-order valence-corrected chi connectivity index (χ2v) is 8.85. The summed E-state index contributed by atoms with van der Waals surface area (Å²) in [5, 5.41) is 8.35. The van der Waals surface area contributed by atoms with E-state index in [1.54, 1.807) is 23.0 Å². The fourth-order valence-electron chi connectivity index (χ4n) is 4.34. The van der Waals surface area contributed by atoms with Gasteiger partial charge in [-0.3, -0.25) is 9.48 Å². The number of benzene rings is 2. The number of carbonyl (C=O) groups excluding carboxylic acids is 1. The van der Waals surface area contributed by atoms with E-state index in [-0.39, 0.29) is 17.8 Å². The molecule has 3 aromatic rings. The van der Waals surface area contributed by atoms with Crippen LogP contribution in [0.5, 0.6) is 0 Å². The van der Waals surface area contributed by atoms with E-state index >= 15 is 0 Å². The van der Waals surface area contributed by atoms with Gasteiger partial charge >= 0.3 is 0 Å². The number of carbonyl (C=O) groups is 1. The molecule has 1 amide bonds. The van der Waals surface area contributed by atoms with Crippen molar-refractivity contribution < 1.29 is 9.18 Å². The van der Waals surface area contributed by atoms with Gasteiger partial charge in [-0.05, 0) is 54.7 Å². The van der Waals surface area contributed by atoms with Crippen molar-refractivity contribution in [3.63, 3.8) is 0 Å². The van der Waals surface area contributed by atoms with Crippen molar-refractivity contribution in [1.29, 1.82) is 0 Å². The summed E-state index contributed by atoms with van der Waals surface area (Å²) in [5.41, 5.74) is 4.38. The minimum Gasteiger partial charge on any atom is -0.330 e. The molecule has 2 heterocycles. The van der Waals surface area contributed by atoms with E-state index < -0.39 is 0 Å². The summed E-state index contributed by atoms with van der Waals surface area (Å²) in [6, 6.07) is 13.0. The number of aromatic nitrogens is 2. The maximum atomic E-state index is 13.7. The Morgan fingerprint density at radius 2 is 2.10 bits per heavy atom. The van der Waals surface area contributed by atoms with Crippen LogP contribution in [0.1, 0.15) is 34.3 Å². The Balaban J connectivity index is 1.41. The van der Waals surface area contributed by atoms with Crippen LogP contribution >= 0.6 is 11.6 Å². The first-order valence-electron chi connectivity index (χ1n) is 10.6. The van der Waals surface area contributed by atoms with Crippen molar-refractivity contribution in [2.45, 2.75) is 37.9 Å². The molecule has 1 aliphatic heterocycles. The average molecular weight is 439 g/mol. The van der Waals surface area contributed by atoms with Gasteiger partial charge in [0.05, 0.1) is 16.9 Å². The third kappa shape index (κ3) is 4.10. The van der Waals surface area contributed by atoms with Crippen molar-refractivity contribution in [3.8, 4) is 11.3 Å². The first-order chi connectivity index (χ1) is 15.0. The largest absolute Gasteiger partial charge is 0.330 e. The van der Waals surface area contributed by atoms with E-state index in [0.717, 1.165) is 27.9 Å². The lowest BCUT2D eigenvalue weighted by Crippen LogP contribution is -2.44. The fourth-order valence-corrected chi connectivity index (χ4v) is 4.61. The molecule has 0 radical (unpaired) electrons. The van der Waals surface area contributed by atoms with Crippen molar-refractivity contribution in [3.05, 3.63) is 76.2 Å². The normalized spacial score (nSPS) is 16.6. The number of halogens is 2. The van der Waals surface area contributed by atoms with Crippen molar-refractivity contribution in [1.82, 2.24) is 20.0 Å². The summed E-state index contributed by atoms with van der Waals surface area (Å²) < 4.78 is 15.5. The van der Waals surface area contributed by atoms with Crippen LogP contribution in [0.3, 0.4) is 0 Å². The zero-order valence-corrected chi connectivity index (χ0v) is 18.1. The Hall–Kier alpha value is -2.70. The quantitative estimate of drug-likeness (QED) is 0.601. The molecule has 1 atom stereocenters. The molecule has 2 aromatic carbocycles. The van der Waals surface area contributed by atoms with Crippen molar-refractivity contribution in [2.75, 3.05) is 6.54 Å². The summed E-state index contributed by atoms with van der Waals surface area (Å²) in [6.45, 7) is 1.23. The maximum absolute atomic E-state index is 13.7. The molecule has 31 heavy (non-hydrogen) atoms. The molecule has 1 N–H and O–H groups in total. The molecular formula is C24H24ClFN4O. The van der Waals surface area contributed by atoms with Gasteiger partial charge in [0.2, 0.25) is 0 Å². The number of rotatable bonds is 7. The van der Waals surface area contributed by atoms with Gasteiger partial charge in [0.25, 0.3) is 5.91 Å². The van der Waals surface area contributed by atoms with Gasteiger partial charge in [0, 0.05) is 43.3 Å². The number of nitrogens with one attached hydrogen (secondary N) is 1. The zero-order chi connectivity index (χ0) is 21.5. The van der Waals surface area contributed by atoms with Crippen LogP contribution in [0.2, 0.25) is 5.02 Å². The van der Waals surface area contributed by atoms with Crippen LogP contribution < -0.4 is 5.32 Å². The van der Waals surface area contributed by atoms with Gasteiger partial charge in [-0.2, -0.15) is 5.10 Å². The number of hydrogen-bond donors (Lipinski definition) is 1. The zero-order valence-electron chi connectivity index (χ0n) is 17.3. The molecule has 7 heteroatoms. The number of nitrogens with zero attached hydrogens (tertiary/aromatic N) is 3. The Morgan fingerprint density at radius 3 is 2.81 bits per heavy atom. The Bertz CT molecular complexity index is 1120. The van der Waals surface area contributed by atoms with Crippen LogP contribution in [-0.4, -0.2) is 39.2 Å². The van der Waals surface area contributed by atoms with Gasteiger partial charge in [-0.25, -0.2) is 4.39 Å². The summed E-state index contributed by atoms with van der Waals surface area (Å²) in [4.78, 5) is 15.2. The molecular weight excluding hydrogens is 415 g/mol. The van der Waals surface area contributed by atoms with Gasteiger partial charge in [-0.15, -0.1) is 0 Å². The van der Waals surface area contributed by atoms with E-state index in [1.807, 2.05) is 36.2 Å². The number of hydrogen-bond acceptors (Lipinski definition) is 3. The Kier molecular flexibility index (Phi) is 5.28. The minimum atomic E-state index is -0.250. The fraction of sp³-hybridized carbons (Fsp3) is 0.333. The number of amides is 1. The molecule has 1 aliphatic carbocycles. The van der Waals surface area contributed by atoms with Gasteiger partial charge in [-0.1, -0.05) is 29.8 Å². The first-order valence-corrected chi connectivity index (χ1v) is 11.0. The number of aryl methyl sites for hydroxylation is 1. The molecule has 160 valence electrons. The van der Waals surface area contributed by atoms with Crippen LogP contribution in [0.4, 0.5) is 4.39 Å². The lowest BCUT2D eigenvalue weighted by molar-refractivity contribution is 0.0699. The third-order valence-corrected chi connectivity index (χ3v) is 6.40. The van der Waals surface area contributed by atoms with Crippen LogP contribution in [0, 0.1) is 5.82 Å². The lowest BCUT2D eigenvalue weighted by Gasteiger charge is -2.28. The van der Waals surface area contributed by atoms with Gasteiger partial charge < -0.3 is 10.2 Å². The van der Waals surface area contributed by atoms with Crippen LogP contribution in [0.25, 0.3) is 11.3 Å². The van der Waals surface area contributed by atoms with Gasteiger partial charge in [0.15, 0.2) is 0 Å². The van der Waals surface area contributed by atoms with E-state index in [0.29, 0.717) is 30.6 Å². The molecule has 0 bridgehead atoms. The van der Waals surface area contributed by atoms with Crippen LogP contribution in [-0.2, 0) is 20.0 Å². The summed E-state index contributed by atoms with van der Waals surface area (Å²) in [6.07, 6.45) is 4.59. The summed E-state index contributed by atoms with van der Waals surface area (Å²) in [5.74, 6) is -0.225. The predicted octanol–water partition coefficient (Wildman–Crippen LogP) is 4.20. The highest BCUT2D eigenvalue weighted by Gasteiger charge is 2.34. The standard InChI is InChI=1S/C24H24ClFN4O/c1-29-23(22(25)13-28-29)16-5-8-21-17(11-16)14-30(24(21)31)20(12-27-19-6-7-19)10-15-3-2-4-18(26)9-15/h2-5,8-9,11,13,19-20,27H,6-7,10,12,14H2,1H3/t20-/m0/s1. The lowest BCUT2D eigenvalue weighted by atomic mass is 10.0. The monoisotopic (exact) mass is 438 g/mol. The molecule has 1 fully saturated rings. The first kappa shape index (κ1) is 20.2. The second-order valence-electron chi connectivity index (χ2n) is 8.44. The Labute approximate surface area is 185 Å². The highest BCUT2D eigenvalue weighted by atomic mass is 35.5. The van der Waals surface area contributed by atoms with E-state index in [1.165, 1.54) is 18.9 Å². The maximum Gasteiger partial charge on any atom is 0.254 e. The molecule has 5 rings (SSSR count). The molecule has 0 saturated heterocycles. The average Bonchev–Trinajstić information content (AvgIpc) is 3.44.